The molecular formula is C15H18F3NO3. The number of benzene rings is 1. The molecule has 4 nitrogen and oxygen atoms in total. The Hall–Kier alpha value is -2.05. The van der Waals surface area contributed by atoms with Crippen molar-refractivity contribution in [3.63, 3.8) is 0 Å². The molecule has 0 aromatic heterocycles. The molecule has 2 atom stereocenters. The van der Waals surface area contributed by atoms with Crippen LogP contribution in [0.25, 0.3) is 0 Å². The number of hydrogen-bond donors (Lipinski definition) is 1. The maximum atomic E-state index is 12.7. The van der Waals surface area contributed by atoms with Crippen molar-refractivity contribution < 1.29 is 27.5 Å². The van der Waals surface area contributed by atoms with E-state index in [2.05, 4.69) is 10.1 Å². The van der Waals surface area contributed by atoms with Crippen molar-refractivity contribution >= 4 is 11.9 Å². The van der Waals surface area contributed by atoms with Crippen molar-refractivity contribution in [1.29, 1.82) is 0 Å². The lowest BCUT2D eigenvalue weighted by atomic mass is 9.98. The highest BCUT2D eigenvalue weighted by Gasteiger charge is 2.32. The number of alkyl halides is 3. The summed E-state index contributed by atoms with van der Waals surface area (Å²) >= 11 is 0. The Labute approximate surface area is 126 Å². The highest BCUT2D eigenvalue weighted by molar-refractivity contribution is 5.97. The van der Waals surface area contributed by atoms with Crippen LogP contribution in [0.1, 0.15) is 36.2 Å². The van der Waals surface area contributed by atoms with Gasteiger partial charge in [-0.25, -0.2) is 4.79 Å². The Morgan fingerprint density at radius 3 is 2.45 bits per heavy atom. The van der Waals surface area contributed by atoms with E-state index in [1.807, 2.05) is 6.92 Å². The molecule has 1 amide bonds. The molecule has 0 fully saturated rings. The molecule has 1 rings (SSSR count). The van der Waals surface area contributed by atoms with Gasteiger partial charge in [0.05, 0.1) is 12.7 Å². The fourth-order valence-electron chi connectivity index (χ4n) is 1.86. The lowest BCUT2D eigenvalue weighted by Crippen LogP contribution is -2.45. The van der Waals surface area contributed by atoms with Crippen LogP contribution in [0.3, 0.4) is 0 Å². The van der Waals surface area contributed by atoms with E-state index in [-0.39, 0.29) is 11.5 Å². The molecule has 7 heteroatoms. The first-order chi connectivity index (χ1) is 10.2. The average molecular weight is 317 g/mol. The van der Waals surface area contributed by atoms with E-state index in [1.165, 1.54) is 13.2 Å². The number of methoxy groups -OCH3 is 1. The van der Waals surface area contributed by atoms with Crippen LogP contribution in [0.4, 0.5) is 13.2 Å². The lowest BCUT2D eigenvalue weighted by molar-refractivity contribution is -0.144. The van der Waals surface area contributed by atoms with Crippen LogP contribution in [0.5, 0.6) is 0 Å². The molecule has 0 aliphatic rings. The first-order valence-corrected chi connectivity index (χ1v) is 6.76. The summed E-state index contributed by atoms with van der Waals surface area (Å²) in [5.74, 6) is -1.58. The number of halogens is 3. The number of amides is 1. The van der Waals surface area contributed by atoms with Crippen LogP contribution in [-0.2, 0) is 15.7 Å². The van der Waals surface area contributed by atoms with Crippen LogP contribution >= 0.6 is 0 Å². The maximum Gasteiger partial charge on any atom is 0.416 e. The molecule has 22 heavy (non-hydrogen) atoms. The van der Waals surface area contributed by atoms with E-state index in [0.717, 1.165) is 18.2 Å². The zero-order valence-electron chi connectivity index (χ0n) is 12.5. The number of ether oxygens (including phenoxy) is 1. The van der Waals surface area contributed by atoms with Gasteiger partial charge in [0.2, 0.25) is 0 Å². The molecule has 0 saturated heterocycles. The number of esters is 1. The third-order valence-corrected chi connectivity index (χ3v) is 3.41. The van der Waals surface area contributed by atoms with Gasteiger partial charge in [-0.3, -0.25) is 4.79 Å². The number of rotatable bonds is 5. The van der Waals surface area contributed by atoms with Crippen LogP contribution in [-0.4, -0.2) is 25.0 Å². The minimum absolute atomic E-state index is 0.160. The van der Waals surface area contributed by atoms with Gasteiger partial charge in [0, 0.05) is 5.56 Å². The zero-order chi connectivity index (χ0) is 16.9. The smallest absolute Gasteiger partial charge is 0.416 e. The molecule has 0 saturated carbocycles. The molecule has 0 heterocycles. The van der Waals surface area contributed by atoms with Crippen LogP contribution in [0.15, 0.2) is 24.3 Å². The third kappa shape index (κ3) is 4.47. The van der Waals surface area contributed by atoms with E-state index >= 15 is 0 Å². The summed E-state index contributed by atoms with van der Waals surface area (Å²) in [5, 5.41) is 2.43. The first-order valence-electron chi connectivity index (χ1n) is 6.76. The van der Waals surface area contributed by atoms with Gasteiger partial charge in [-0.2, -0.15) is 13.2 Å². The van der Waals surface area contributed by atoms with Crippen molar-refractivity contribution in [2.45, 2.75) is 32.5 Å². The Balaban J connectivity index is 2.98. The molecule has 1 aromatic rings. The summed E-state index contributed by atoms with van der Waals surface area (Å²) in [4.78, 5) is 23.8. The van der Waals surface area contributed by atoms with E-state index in [4.69, 9.17) is 0 Å². The molecule has 0 radical (unpaired) electrons. The summed E-state index contributed by atoms with van der Waals surface area (Å²) < 4.78 is 42.6. The van der Waals surface area contributed by atoms with Gasteiger partial charge in [0.25, 0.3) is 5.91 Å². The van der Waals surface area contributed by atoms with Crippen LogP contribution in [0.2, 0.25) is 0 Å². The van der Waals surface area contributed by atoms with Gasteiger partial charge in [0.15, 0.2) is 0 Å². The van der Waals surface area contributed by atoms with E-state index in [9.17, 15) is 22.8 Å². The Morgan fingerprint density at radius 2 is 1.95 bits per heavy atom. The van der Waals surface area contributed by atoms with Crippen molar-refractivity contribution in [3.05, 3.63) is 35.4 Å². The molecule has 0 aliphatic heterocycles. The Morgan fingerprint density at radius 1 is 1.32 bits per heavy atom. The molecule has 1 aromatic carbocycles. The van der Waals surface area contributed by atoms with Gasteiger partial charge < -0.3 is 10.1 Å². The largest absolute Gasteiger partial charge is 0.467 e. The minimum Gasteiger partial charge on any atom is -0.467 e. The number of nitrogens with one attached hydrogen (secondary N) is 1. The average Bonchev–Trinajstić information content (AvgIpc) is 2.50. The third-order valence-electron chi connectivity index (χ3n) is 3.41. The summed E-state index contributed by atoms with van der Waals surface area (Å²) in [7, 11) is 1.19. The first kappa shape index (κ1) is 18.0. The molecule has 0 spiro atoms. The van der Waals surface area contributed by atoms with Crippen molar-refractivity contribution in [1.82, 2.24) is 5.32 Å². The van der Waals surface area contributed by atoms with Gasteiger partial charge >= 0.3 is 12.1 Å². The standard InChI is InChI=1S/C15H18F3NO3/c1-4-9(2)12(14(21)22-3)19-13(20)10-6-5-7-11(8-10)15(16,17)18/h5-9,12H,4H2,1-3H3,(H,19,20)/t9-,12-/m0/s1. The monoisotopic (exact) mass is 317 g/mol. The normalized spacial score (nSPS) is 14.1. The zero-order valence-corrected chi connectivity index (χ0v) is 12.5. The molecule has 1 N–H and O–H groups in total. The predicted octanol–water partition coefficient (Wildman–Crippen LogP) is 3.02. The van der Waals surface area contributed by atoms with Crippen LogP contribution < -0.4 is 5.32 Å². The Bertz CT molecular complexity index is 543. The van der Waals surface area contributed by atoms with Gasteiger partial charge in [-0.1, -0.05) is 26.3 Å². The van der Waals surface area contributed by atoms with Crippen LogP contribution in [0, 0.1) is 5.92 Å². The lowest BCUT2D eigenvalue weighted by Gasteiger charge is -2.22. The summed E-state index contributed by atoms with van der Waals surface area (Å²) in [6.45, 7) is 3.57. The van der Waals surface area contributed by atoms with E-state index < -0.39 is 29.7 Å². The molecular weight excluding hydrogens is 299 g/mol. The number of carbonyl (C=O) groups is 2. The highest BCUT2D eigenvalue weighted by atomic mass is 19.4. The topological polar surface area (TPSA) is 55.4 Å². The van der Waals surface area contributed by atoms with Gasteiger partial charge in [0.1, 0.15) is 6.04 Å². The minimum atomic E-state index is -4.53. The molecule has 0 bridgehead atoms. The van der Waals surface area contributed by atoms with Crippen molar-refractivity contribution in [3.8, 4) is 0 Å². The summed E-state index contributed by atoms with van der Waals surface area (Å²) in [5.41, 5.74) is -1.08. The van der Waals surface area contributed by atoms with E-state index in [1.54, 1.807) is 6.92 Å². The van der Waals surface area contributed by atoms with Crippen molar-refractivity contribution in [2.24, 2.45) is 5.92 Å². The Kier molecular flexibility index (Phi) is 5.96. The fraction of sp³-hybridized carbons (Fsp3) is 0.467. The molecule has 0 unspecified atom stereocenters. The highest BCUT2D eigenvalue weighted by Crippen LogP contribution is 2.29. The fourth-order valence-corrected chi connectivity index (χ4v) is 1.86. The predicted molar refractivity (Wildman–Crippen MR) is 74.2 cm³/mol. The number of hydrogen-bond acceptors (Lipinski definition) is 3. The SMILES string of the molecule is CC[C@H](C)[C@H](NC(=O)c1cccc(C(F)(F)F)c1)C(=O)OC. The van der Waals surface area contributed by atoms with Gasteiger partial charge in [-0.15, -0.1) is 0 Å². The summed E-state index contributed by atoms with van der Waals surface area (Å²) in [6, 6.07) is 3.13. The molecule has 0 aliphatic carbocycles. The second-order valence-corrected chi connectivity index (χ2v) is 4.94. The second kappa shape index (κ2) is 7.29. The quantitative estimate of drug-likeness (QED) is 0.849. The molecule has 122 valence electrons. The van der Waals surface area contributed by atoms with Gasteiger partial charge in [-0.05, 0) is 24.1 Å². The summed E-state index contributed by atoms with van der Waals surface area (Å²) in [6.07, 6.45) is -3.93. The maximum absolute atomic E-state index is 12.7. The van der Waals surface area contributed by atoms with Crippen molar-refractivity contribution in [2.75, 3.05) is 7.11 Å². The van der Waals surface area contributed by atoms with E-state index in [0.29, 0.717) is 6.42 Å². The number of carbonyl (C=O) groups excluding carboxylic acids is 2. The second-order valence-electron chi connectivity index (χ2n) is 4.94.